The molecule has 2 aromatic heterocycles. The van der Waals surface area contributed by atoms with E-state index in [1.807, 2.05) is 13.0 Å². The third-order valence-corrected chi connectivity index (χ3v) is 7.55. The topological polar surface area (TPSA) is 95.4 Å². The number of aryl methyl sites for hydroxylation is 1. The summed E-state index contributed by atoms with van der Waals surface area (Å²) >= 11 is 0. The van der Waals surface area contributed by atoms with Crippen molar-refractivity contribution in [1.82, 2.24) is 14.3 Å². The van der Waals surface area contributed by atoms with Crippen LogP contribution >= 0.6 is 0 Å². The summed E-state index contributed by atoms with van der Waals surface area (Å²) in [5.41, 5.74) is 1.83. The minimum absolute atomic E-state index is 0.111. The van der Waals surface area contributed by atoms with E-state index in [0.717, 1.165) is 22.8 Å². The molecule has 11 heteroatoms. The maximum atomic E-state index is 13.1. The van der Waals surface area contributed by atoms with Crippen molar-refractivity contribution in [3.8, 4) is 11.1 Å². The molecule has 4 rings (SSSR count). The zero-order chi connectivity index (χ0) is 24.5. The predicted octanol–water partition coefficient (Wildman–Crippen LogP) is 3.71. The van der Waals surface area contributed by atoms with E-state index in [9.17, 15) is 26.7 Å². The number of aromatic nitrogens is 2. The van der Waals surface area contributed by atoms with Crippen LogP contribution in [-0.2, 0) is 16.2 Å². The molecule has 0 spiro atoms. The summed E-state index contributed by atoms with van der Waals surface area (Å²) in [4.78, 5) is 8.01. The normalized spacial score (nSPS) is 19.7. The standard InChI is InChI=1S/C23H23F3N4O3S/c1-15-10-17(12-27-11-15)16-2-5-19(6-3-16)34(32,33)30-9-8-20(21(31)14-30)29-22-7-4-18(13-28-22)23(24,25)26/h2-7,10-13,20-21,31H,8-9,14H2,1H3,(H,28,29)/t20-,21+/m1/s1. The van der Waals surface area contributed by atoms with Gasteiger partial charge in [-0.3, -0.25) is 4.98 Å². The summed E-state index contributed by atoms with van der Waals surface area (Å²) in [5, 5.41) is 13.4. The van der Waals surface area contributed by atoms with E-state index in [1.54, 1.807) is 24.5 Å². The van der Waals surface area contributed by atoms with Crippen LogP contribution in [0.4, 0.5) is 19.0 Å². The van der Waals surface area contributed by atoms with Crippen LogP contribution < -0.4 is 5.32 Å². The van der Waals surface area contributed by atoms with Gasteiger partial charge in [-0.15, -0.1) is 0 Å². The molecule has 1 aliphatic rings. The summed E-state index contributed by atoms with van der Waals surface area (Å²) in [7, 11) is -3.83. The highest BCUT2D eigenvalue weighted by molar-refractivity contribution is 7.89. The highest BCUT2D eigenvalue weighted by atomic mass is 32.2. The van der Waals surface area contributed by atoms with Gasteiger partial charge in [-0.25, -0.2) is 13.4 Å². The third-order valence-electron chi connectivity index (χ3n) is 5.67. The Morgan fingerprint density at radius 1 is 1.06 bits per heavy atom. The largest absolute Gasteiger partial charge is 0.417 e. The number of aliphatic hydroxyl groups is 1. The molecule has 0 unspecified atom stereocenters. The van der Waals surface area contributed by atoms with E-state index in [4.69, 9.17) is 0 Å². The number of hydrogen-bond donors (Lipinski definition) is 2. The number of rotatable bonds is 5. The molecule has 0 amide bonds. The molecule has 2 N–H and O–H groups in total. The van der Waals surface area contributed by atoms with Gasteiger partial charge in [-0.05, 0) is 54.8 Å². The van der Waals surface area contributed by atoms with Crippen molar-refractivity contribution < 1.29 is 26.7 Å². The fourth-order valence-electron chi connectivity index (χ4n) is 3.81. The van der Waals surface area contributed by atoms with Gasteiger partial charge in [0.05, 0.1) is 22.6 Å². The van der Waals surface area contributed by atoms with Crippen LogP contribution in [0, 0.1) is 6.92 Å². The van der Waals surface area contributed by atoms with Crippen LogP contribution in [0.1, 0.15) is 17.5 Å². The first-order valence-electron chi connectivity index (χ1n) is 10.5. The average molecular weight is 493 g/mol. The number of halogens is 3. The molecule has 3 aromatic rings. The molecule has 3 heterocycles. The summed E-state index contributed by atoms with van der Waals surface area (Å²) in [6.45, 7) is 1.91. The lowest BCUT2D eigenvalue weighted by molar-refractivity contribution is -0.137. The van der Waals surface area contributed by atoms with Gasteiger partial charge in [0.2, 0.25) is 10.0 Å². The predicted molar refractivity (Wildman–Crippen MR) is 120 cm³/mol. The van der Waals surface area contributed by atoms with E-state index < -0.39 is 33.9 Å². The second-order valence-electron chi connectivity index (χ2n) is 8.18. The molecule has 7 nitrogen and oxygen atoms in total. The van der Waals surface area contributed by atoms with E-state index in [1.165, 1.54) is 22.5 Å². The first-order valence-corrected chi connectivity index (χ1v) is 12.0. The van der Waals surface area contributed by atoms with Crippen LogP contribution in [0.5, 0.6) is 0 Å². The van der Waals surface area contributed by atoms with Crippen molar-refractivity contribution in [2.24, 2.45) is 0 Å². The molecule has 34 heavy (non-hydrogen) atoms. The summed E-state index contributed by atoms with van der Waals surface area (Å²) in [5.74, 6) is 0.176. The van der Waals surface area contributed by atoms with Crippen LogP contribution in [0.2, 0.25) is 0 Å². The number of β-amino-alcohol motifs (C(OH)–C–C–N with tert-alkyl or cyclic N) is 1. The van der Waals surface area contributed by atoms with Crippen LogP contribution in [0.3, 0.4) is 0 Å². The molecule has 0 bridgehead atoms. The van der Waals surface area contributed by atoms with Crippen LogP contribution in [0.15, 0.2) is 66.0 Å². The Morgan fingerprint density at radius 2 is 1.79 bits per heavy atom. The third kappa shape index (κ3) is 5.21. The Hall–Kier alpha value is -3.02. The Morgan fingerprint density at radius 3 is 2.38 bits per heavy atom. The van der Waals surface area contributed by atoms with Crippen molar-refractivity contribution in [3.05, 3.63) is 72.2 Å². The molecule has 1 aromatic carbocycles. The first kappa shape index (κ1) is 24.1. The smallest absolute Gasteiger partial charge is 0.390 e. The van der Waals surface area contributed by atoms with E-state index >= 15 is 0 Å². The highest BCUT2D eigenvalue weighted by Gasteiger charge is 2.35. The lowest BCUT2D eigenvalue weighted by Crippen LogP contribution is -2.51. The number of sulfonamides is 1. The van der Waals surface area contributed by atoms with E-state index in [-0.39, 0.29) is 30.2 Å². The van der Waals surface area contributed by atoms with Gasteiger partial charge >= 0.3 is 6.18 Å². The molecule has 1 fully saturated rings. The average Bonchev–Trinajstić information content (AvgIpc) is 2.80. The van der Waals surface area contributed by atoms with Gasteiger partial charge in [0, 0.05) is 37.2 Å². The quantitative estimate of drug-likeness (QED) is 0.564. The second-order valence-corrected chi connectivity index (χ2v) is 10.1. The van der Waals surface area contributed by atoms with E-state index in [0.29, 0.717) is 6.20 Å². The molecule has 0 radical (unpaired) electrons. The van der Waals surface area contributed by atoms with Gasteiger partial charge in [0.25, 0.3) is 0 Å². The van der Waals surface area contributed by atoms with Crippen molar-refractivity contribution in [1.29, 1.82) is 0 Å². The van der Waals surface area contributed by atoms with Crippen LogP contribution in [-0.4, -0.2) is 53.0 Å². The number of nitrogens with zero attached hydrogens (tertiary/aromatic N) is 3. The Balaban J connectivity index is 1.42. The Labute approximate surface area is 195 Å². The minimum Gasteiger partial charge on any atom is -0.390 e. The molecule has 0 aliphatic carbocycles. The Bertz CT molecular complexity index is 1250. The number of alkyl halides is 3. The van der Waals surface area contributed by atoms with Crippen molar-refractivity contribution in [2.45, 2.75) is 36.6 Å². The summed E-state index contributed by atoms with van der Waals surface area (Å²) in [6.07, 6.45) is -1.14. The monoisotopic (exact) mass is 492 g/mol. The number of anilines is 1. The number of nitrogens with one attached hydrogen (secondary N) is 1. The van der Waals surface area contributed by atoms with Gasteiger partial charge in [-0.1, -0.05) is 12.1 Å². The highest BCUT2D eigenvalue weighted by Crippen LogP contribution is 2.30. The second kappa shape index (κ2) is 9.32. The lowest BCUT2D eigenvalue weighted by Gasteiger charge is -2.35. The van der Waals surface area contributed by atoms with Gasteiger partial charge < -0.3 is 10.4 Å². The lowest BCUT2D eigenvalue weighted by atomic mass is 10.0. The van der Waals surface area contributed by atoms with Gasteiger partial charge in [0.15, 0.2) is 0 Å². The van der Waals surface area contributed by atoms with Gasteiger partial charge in [0.1, 0.15) is 5.82 Å². The number of piperidine rings is 1. The zero-order valence-electron chi connectivity index (χ0n) is 18.2. The molecular formula is C23H23F3N4O3S. The van der Waals surface area contributed by atoms with E-state index in [2.05, 4.69) is 15.3 Å². The zero-order valence-corrected chi connectivity index (χ0v) is 19.0. The molecule has 180 valence electrons. The SMILES string of the molecule is Cc1cncc(-c2ccc(S(=O)(=O)N3CC[C@@H](Nc4ccc(C(F)(F)F)cn4)[C@@H](O)C3)cc2)c1. The minimum atomic E-state index is -4.49. The summed E-state index contributed by atoms with van der Waals surface area (Å²) in [6, 6.07) is 9.96. The molecule has 0 saturated carbocycles. The molecule has 2 atom stereocenters. The Kier molecular flexibility index (Phi) is 6.61. The number of hydrogen-bond acceptors (Lipinski definition) is 6. The van der Waals surface area contributed by atoms with Crippen LogP contribution in [0.25, 0.3) is 11.1 Å². The molecule has 1 aliphatic heterocycles. The van der Waals surface area contributed by atoms with Crippen molar-refractivity contribution in [2.75, 3.05) is 18.4 Å². The fourth-order valence-corrected chi connectivity index (χ4v) is 5.28. The maximum Gasteiger partial charge on any atom is 0.417 e. The maximum absolute atomic E-state index is 13.1. The number of benzene rings is 1. The number of pyridine rings is 2. The molecule has 1 saturated heterocycles. The van der Waals surface area contributed by atoms with Crippen molar-refractivity contribution >= 4 is 15.8 Å². The number of aliphatic hydroxyl groups excluding tert-OH is 1. The van der Waals surface area contributed by atoms with Gasteiger partial charge in [-0.2, -0.15) is 17.5 Å². The fraction of sp³-hybridized carbons (Fsp3) is 0.304. The van der Waals surface area contributed by atoms with Crippen molar-refractivity contribution in [3.63, 3.8) is 0 Å². The first-order chi connectivity index (χ1) is 16.0. The summed E-state index contributed by atoms with van der Waals surface area (Å²) < 4.78 is 65.5. The molecular weight excluding hydrogens is 469 g/mol.